The van der Waals surface area contributed by atoms with Crippen molar-refractivity contribution in [3.8, 4) is 6.07 Å². The van der Waals surface area contributed by atoms with Gasteiger partial charge < -0.3 is 5.32 Å². The molecule has 33 heavy (non-hydrogen) atoms. The van der Waals surface area contributed by atoms with Gasteiger partial charge >= 0.3 is 12.1 Å². The molecular formula is C20H21F6N3O3S. The Morgan fingerprint density at radius 3 is 2.18 bits per heavy atom. The Bertz CT molecular complexity index is 1030. The summed E-state index contributed by atoms with van der Waals surface area (Å²) in [6.07, 6.45) is -4.33. The van der Waals surface area contributed by atoms with Crippen molar-refractivity contribution in [2.24, 2.45) is 5.92 Å². The predicted molar refractivity (Wildman–Crippen MR) is 104 cm³/mol. The average Bonchev–Trinajstić information content (AvgIpc) is 3.62. The molecule has 1 amide bonds. The number of benzene rings is 1. The second-order valence-electron chi connectivity index (χ2n) is 8.53. The summed E-state index contributed by atoms with van der Waals surface area (Å²) in [4.78, 5) is 12.8. The molecule has 13 heteroatoms. The van der Waals surface area contributed by atoms with Crippen molar-refractivity contribution in [1.82, 2.24) is 10.6 Å². The van der Waals surface area contributed by atoms with Crippen molar-refractivity contribution < 1.29 is 39.6 Å². The molecule has 6 nitrogen and oxygen atoms in total. The highest BCUT2D eigenvalue weighted by molar-refractivity contribution is 7.91. The molecule has 2 fully saturated rings. The minimum Gasteiger partial charge on any atom is -0.336 e. The van der Waals surface area contributed by atoms with E-state index in [2.05, 4.69) is 5.32 Å². The zero-order valence-electron chi connectivity index (χ0n) is 17.1. The Balaban J connectivity index is 1.95. The molecule has 3 rings (SSSR count). The van der Waals surface area contributed by atoms with Gasteiger partial charge in [0, 0.05) is 0 Å². The third kappa shape index (κ3) is 6.17. The van der Waals surface area contributed by atoms with Crippen LogP contribution in [0.4, 0.5) is 26.3 Å². The fraction of sp³-hybridized carbons (Fsp3) is 0.600. The number of halogens is 6. The maximum atomic E-state index is 14.5. The molecule has 2 N–H and O–H groups in total. The van der Waals surface area contributed by atoms with Gasteiger partial charge in [0.15, 0.2) is 9.84 Å². The highest BCUT2D eigenvalue weighted by Crippen LogP contribution is 2.45. The standard InChI is InChI=1S/C20H21F6N3O3S/c21-14-5-3-13(4-6-14)16(19(22,23)20(24,25)26)28-15(10-33(31,32)9-12-1-2-12)17(30)29-18(11-27)7-8-18/h3-6,12,15-16,28H,1-2,7-10H2,(H,29,30)/t15-,16+/m0/s1. The molecule has 1 aromatic rings. The number of carbonyl (C=O) groups is 1. The Labute approximate surface area is 186 Å². The number of nitrogens with zero attached hydrogens (tertiary/aromatic N) is 1. The van der Waals surface area contributed by atoms with E-state index in [0.29, 0.717) is 37.1 Å². The minimum atomic E-state index is -6.06. The van der Waals surface area contributed by atoms with Crippen molar-refractivity contribution in [1.29, 1.82) is 5.26 Å². The molecule has 1 aromatic carbocycles. The highest BCUT2D eigenvalue weighted by atomic mass is 32.2. The van der Waals surface area contributed by atoms with E-state index in [1.807, 2.05) is 11.4 Å². The van der Waals surface area contributed by atoms with E-state index in [4.69, 9.17) is 5.26 Å². The maximum absolute atomic E-state index is 14.5. The van der Waals surface area contributed by atoms with Gasteiger partial charge in [0.05, 0.1) is 17.6 Å². The van der Waals surface area contributed by atoms with Crippen LogP contribution in [0.25, 0.3) is 0 Å². The minimum absolute atomic E-state index is 0.155. The maximum Gasteiger partial charge on any atom is 0.455 e. The molecule has 182 valence electrons. The molecule has 2 saturated carbocycles. The lowest BCUT2D eigenvalue weighted by molar-refractivity contribution is -0.294. The van der Waals surface area contributed by atoms with E-state index in [0.717, 1.165) is 0 Å². The lowest BCUT2D eigenvalue weighted by Crippen LogP contribution is -2.57. The van der Waals surface area contributed by atoms with Gasteiger partial charge in [0.25, 0.3) is 0 Å². The van der Waals surface area contributed by atoms with Crippen LogP contribution < -0.4 is 10.6 Å². The summed E-state index contributed by atoms with van der Waals surface area (Å²) in [6.45, 7) is 0. The summed E-state index contributed by atoms with van der Waals surface area (Å²) < 4.78 is 107. The molecule has 0 aromatic heterocycles. The van der Waals surface area contributed by atoms with Crippen molar-refractivity contribution in [2.75, 3.05) is 11.5 Å². The second kappa shape index (κ2) is 8.79. The number of nitriles is 1. The average molecular weight is 497 g/mol. The van der Waals surface area contributed by atoms with Crippen LogP contribution in [0, 0.1) is 23.1 Å². The quantitative estimate of drug-likeness (QED) is 0.485. The van der Waals surface area contributed by atoms with Crippen LogP contribution in [0.3, 0.4) is 0 Å². The summed E-state index contributed by atoms with van der Waals surface area (Å²) in [6, 6.07) is -0.361. The number of alkyl halides is 5. The van der Waals surface area contributed by atoms with E-state index in [-0.39, 0.29) is 24.5 Å². The molecule has 2 aliphatic carbocycles. The van der Waals surface area contributed by atoms with Gasteiger partial charge in [-0.2, -0.15) is 27.2 Å². The van der Waals surface area contributed by atoms with Gasteiger partial charge in [-0.05, 0) is 49.3 Å². The van der Waals surface area contributed by atoms with Gasteiger partial charge in [-0.15, -0.1) is 0 Å². The molecule has 0 bridgehead atoms. The zero-order chi connectivity index (χ0) is 24.7. The Morgan fingerprint density at radius 1 is 1.15 bits per heavy atom. The largest absolute Gasteiger partial charge is 0.455 e. The van der Waals surface area contributed by atoms with E-state index in [1.165, 1.54) is 0 Å². The smallest absolute Gasteiger partial charge is 0.336 e. The first-order valence-corrected chi connectivity index (χ1v) is 11.9. The summed E-state index contributed by atoms with van der Waals surface area (Å²) in [7, 11) is -4.01. The first-order valence-electron chi connectivity index (χ1n) is 10.1. The SMILES string of the molecule is N#CC1(NC(=O)[C@H](CS(=O)(=O)CC2CC2)N[C@H](c2ccc(F)cc2)C(F)(F)C(F)(F)F)CC1. The van der Waals surface area contributed by atoms with Gasteiger partial charge in [0.2, 0.25) is 5.91 Å². The topological polar surface area (TPSA) is 99.1 Å². The van der Waals surface area contributed by atoms with Gasteiger partial charge in [-0.25, -0.2) is 12.8 Å². The molecule has 0 unspecified atom stereocenters. The molecule has 2 atom stereocenters. The number of hydrogen-bond acceptors (Lipinski definition) is 5. The van der Waals surface area contributed by atoms with Gasteiger partial charge in [-0.1, -0.05) is 12.1 Å². The van der Waals surface area contributed by atoms with Crippen LogP contribution in [0.15, 0.2) is 24.3 Å². The number of hydrogen-bond donors (Lipinski definition) is 2. The van der Waals surface area contributed by atoms with Gasteiger partial charge in [0.1, 0.15) is 23.4 Å². The predicted octanol–water partition coefficient (Wildman–Crippen LogP) is 3.02. The fourth-order valence-electron chi connectivity index (χ4n) is 3.31. The van der Waals surface area contributed by atoms with Crippen LogP contribution >= 0.6 is 0 Å². The van der Waals surface area contributed by atoms with Crippen molar-refractivity contribution in [3.63, 3.8) is 0 Å². The number of amides is 1. The lowest BCUT2D eigenvalue weighted by Gasteiger charge is -2.33. The highest BCUT2D eigenvalue weighted by Gasteiger charge is 2.63. The number of sulfone groups is 1. The third-order valence-corrected chi connectivity index (χ3v) is 7.38. The molecule has 2 aliphatic rings. The Morgan fingerprint density at radius 2 is 1.73 bits per heavy atom. The van der Waals surface area contributed by atoms with Crippen LogP contribution in [0.5, 0.6) is 0 Å². The Kier molecular flexibility index (Phi) is 6.74. The van der Waals surface area contributed by atoms with Crippen molar-refractivity contribution >= 4 is 15.7 Å². The van der Waals surface area contributed by atoms with E-state index < -0.39 is 62.6 Å². The first-order chi connectivity index (χ1) is 15.2. The molecule has 0 radical (unpaired) electrons. The first kappa shape index (κ1) is 25.3. The van der Waals surface area contributed by atoms with Crippen LogP contribution in [0.2, 0.25) is 0 Å². The molecule has 0 spiro atoms. The van der Waals surface area contributed by atoms with Crippen molar-refractivity contribution in [2.45, 2.75) is 55.4 Å². The number of carbonyl (C=O) groups excluding carboxylic acids is 1. The number of rotatable bonds is 10. The van der Waals surface area contributed by atoms with Gasteiger partial charge in [-0.3, -0.25) is 10.1 Å². The Hall–Kier alpha value is -2.33. The summed E-state index contributed by atoms with van der Waals surface area (Å²) in [5.74, 6) is -9.04. The number of nitrogens with one attached hydrogen (secondary N) is 2. The van der Waals surface area contributed by atoms with Crippen molar-refractivity contribution in [3.05, 3.63) is 35.6 Å². The van der Waals surface area contributed by atoms with Crippen LogP contribution in [0.1, 0.15) is 37.3 Å². The third-order valence-electron chi connectivity index (χ3n) is 5.56. The molecule has 0 heterocycles. The van der Waals surface area contributed by atoms with Crippen LogP contribution in [-0.2, 0) is 14.6 Å². The normalized spacial score (nSPS) is 19.9. The lowest BCUT2D eigenvalue weighted by atomic mass is 9.98. The molecular weight excluding hydrogens is 476 g/mol. The summed E-state index contributed by atoms with van der Waals surface area (Å²) in [5, 5.41) is 13.3. The molecule has 0 saturated heterocycles. The van der Waals surface area contributed by atoms with E-state index >= 15 is 0 Å². The summed E-state index contributed by atoms with van der Waals surface area (Å²) in [5.41, 5.74) is -2.01. The van der Waals surface area contributed by atoms with E-state index in [1.54, 1.807) is 0 Å². The van der Waals surface area contributed by atoms with E-state index in [9.17, 15) is 39.6 Å². The zero-order valence-corrected chi connectivity index (χ0v) is 17.9. The van der Waals surface area contributed by atoms with Crippen LogP contribution in [-0.4, -0.2) is 49.5 Å². The summed E-state index contributed by atoms with van der Waals surface area (Å²) >= 11 is 0. The fourth-order valence-corrected chi connectivity index (χ4v) is 5.25. The monoisotopic (exact) mass is 497 g/mol. The second-order valence-corrected chi connectivity index (χ2v) is 10.7. The molecule has 0 aliphatic heterocycles.